The fourth-order valence-electron chi connectivity index (χ4n) is 4.62. The topological polar surface area (TPSA) is 42.0 Å². The quantitative estimate of drug-likeness (QED) is 0.869. The van der Waals surface area contributed by atoms with Gasteiger partial charge >= 0.3 is 6.18 Å². The van der Waals surface area contributed by atoms with Gasteiger partial charge in [0.2, 0.25) is 0 Å². The average Bonchev–Trinajstić information content (AvgIpc) is 2.79. The summed E-state index contributed by atoms with van der Waals surface area (Å²) in [6.07, 6.45) is -1.32. The number of amides is 1. The smallest absolute Gasteiger partial charge is 0.349 e. The van der Waals surface area contributed by atoms with E-state index >= 15 is 0 Å². The van der Waals surface area contributed by atoms with Crippen molar-refractivity contribution < 1.29 is 18.0 Å². The summed E-state index contributed by atoms with van der Waals surface area (Å²) < 4.78 is 38.1. The standard InChI is InChI=1S/C18H23F3N2O/c1-10-12(5-6-13(22-10)18(19,20)21)15(24)23-14-9-11-7-8-17(14,4)16(11,2)3/h5-6,11,14H,7-9H2,1-4H3,(H,23,24)/t11-,14+,17-/m1/s1. The van der Waals surface area contributed by atoms with Crippen LogP contribution in [0.5, 0.6) is 0 Å². The summed E-state index contributed by atoms with van der Waals surface area (Å²) in [5.74, 6) is 0.253. The fourth-order valence-corrected chi connectivity index (χ4v) is 4.62. The van der Waals surface area contributed by atoms with Gasteiger partial charge in [0.25, 0.3) is 5.91 Å². The molecule has 0 radical (unpaired) electrons. The zero-order valence-corrected chi connectivity index (χ0v) is 14.4. The summed E-state index contributed by atoms with van der Waals surface area (Å²) in [5.41, 5.74) is -0.453. The maximum Gasteiger partial charge on any atom is 0.433 e. The third-order valence-corrected chi connectivity index (χ3v) is 6.72. The normalized spacial score (nSPS) is 31.3. The van der Waals surface area contributed by atoms with Crippen molar-refractivity contribution in [3.63, 3.8) is 0 Å². The minimum absolute atomic E-state index is 0.0283. The predicted molar refractivity (Wildman–Crippen MR) is 84.5 cm³/mol. The van der Waals surface area contributed by atoms with Crippen molar-refractivity contribution in [2.24, 2.45) is 16.7 Å². The number of pyridine rings is 1. The van der Waals surface area contributed by atoms with E-state index in [0.717, 1.165) is 18.9 Å². The minimum atomic E-state index is -4.50. The molecule has 1 aromatic rings. The van der Waals surface area contributed by atoms with Crippen LogP contribution in [0.15, 0.2) is 12.1 Å². The van der Waals surface area contributed by atoms with Crippen LogP contribution in [0.3, 0.4) is 0 Å². The van der Waals surface area contributed by atoms with E-state index in [0.29, 0.717) is 5.92 Å². The lowest BCUT2D eigenvalue weighted by atomic mass is 9.69. The number of halogens is 3. The summed E-state index contributed by atoms with van der Waals surface area (Å²) in [6.45, 7) is 8.16. The van der Waals surface area contributed by atoms with Gasteiger partial charge in [0.15, 0.2) is 0 Å². The SMILES string of the molecule is Cc1nc(C(F)(F)F)ccc1C(=O)N[C@H]1C[C@H]2CC[C@@]1(C)C2(C)C. The Labute approximate surface area is 140 Å². The molecule has 1 N–H and O–H groups in total. The molecule has 132 valence electrons. The van der Waals surface area contributed by atoms with E-state index in [1.165, 1.54) is 19.4 Å². The maximum atomic E-state index is 12.7. The molecule has 2 saturated carbocycles. The van der Waals surface area contributed by atoms with Crippen molar-refractivity contribution in [2.75, 3.05) is 0 Å². The number of nitrogens with one attached hydrogen (secondary N) is 1. The van der Waals surface area contributed by atoms with Crippen LogP contribution in [0.2, 0.25) is 0 Å². The van der Waals surface area contributed by atoms with Gasteiger partial charge in [-0.05, 0) is 55.1 Å². The molecule has 2 bridgehead atoms. The molecule has 1 aromatic heterocycles. The zero-order chi connectivity index (χ0) is 17.9. The molecule has 24 heavy (non-hydrogen) atoms. The molecule has 3 atom stereocenters. The summed E-state index contributed by atoms with van der Waals surface area (Å²) >= 11 is 0. The number of aryl methyl sites for hydroxylation is 1. The van der Waals surface area contributed by atoms with Gasteiger partial charge in [-0.3, -0.25) is 4.79 Å². The molecule has 2 fully saturated rings. The van der Waals surface area contributed by atoms with Crippen molar-refractivity contribution in [3.05, 3.63) is 29.1 Å². The number of hydrogen-bond donors (Lipinski definition) is 1. The molecule has 3 rings (SSSR count). The highest BCUT2D eigenvalue weighted by molar-refractivity contribution is 5.95. The van der Waals surface area contributed by atoms with Gasteiger partial charge in [0.05, 0.1) is 11.3 Å². The van der Waals surface area contributed by atoms with Crippen LogP contribution in [0, 0.1) is 23.7 Å². The number of nitrogens with zero attached hydrogens (tertiary/aromatic N) is 1. The Balaban J connectivity index is 1.80. The van der Waals surface area contributed by atoms with Crippen LogP contribution in [0.4, 0.5) is 13.2 Å². The third kappa shape index (κ3) is 2.42. The Morgan fingerprint density at radius 2 is 1.96 bits per heavy atom. The summed E-state index contributed by atoms with van der Waals surface area (Å²) in [5, 5.41) is 3.06. The van der Waals surface area contributed by atoms with Crippen LogP contribution in [-0.2, 0) is 6.18 Å². The second kappa shape index (κ2) is 5.20. The zero-order valence-electron chi connectivity index (χ0n) is 14.4. The van der Waals surface area contributed by atoms with Gasteiger partial charge in [0, 0.05) is 6.04 Å². The number of rotatable bonds is 2. The average molecular weight is 340 g/mol. The van der Waals surface area contributed by atoms with Crippen LogP contribution in [0.1, 0.15) is 61.8 Å². The van der Waals surface area contributed by atoms with Crippen molar-refractivity contribution in [1.29, 1.82) is 0 Å². The van der Waals surface area contributed by atoms with E-state index in [9.17, 15) is 18.0 Å². The van der Waals surface area contributed by atoms with Gasteiger partial charge in [0.1, 0.15) is 5.69 Å². The van der Waals surface area contributed by atoms with E-state index in [1.54, 1.807) is 0 Å². The van der Waals surface area contributed by atoms with E-state index in [-0.39, 0.29) is 34.0 Å². The van der Waals surface area contributed by atoms with E-state index in [1.807, 2.05) is 0 Å². The Morgan fingerprint density at radius 1 is 1.29 bits per heavy atom. The van der Waals surface area contributed by atoms with Crippen molar-refractivity contribution in [1.82, 2.24) is 10.3 Å². The largest absolute Gasteiger partial charge is 0.433 e. The van der Waals surface area contributed by atoms with Crippen molar-refractivity contribution in [3.8, 4) is 0 Å². The van der Waals surface area contributed by atoms with E-state index in [2.05, 4.69) is 31.1 Å². The first-order valence-corrected chi connectivity index (χ1v) is 8.32. The molecule has 3 nitrogen and oxygen atoms in total. The number of fused-ring (bicyclic) bond motifs is 2. The van der Waals surface area contributed by atoms with Gasteiger partial charge in [-0.25, -0.2) is 4.98 Å². The number of alkyl halides is 3. The van der Waals surface area contributed by atoms with Crippen LogP contribution in [-0.4, -0.2) is 16.9 Å². The molecular weight excluding hydrogens is 317 g/mol. The lowest BCUT2D eigenvalue weighted by Gasteiger charge is -2.39. The van der Waals surface area contributed by atoms with Gasteiger partial charge in [-0.2, -0.15) is 13.2 Å². The molecule has 1 heterocycles. The summed E-state index contributed by atoms with van der Waals surface area (Å²) in [6, 6.07) is 2.15. The molecule has 0 aromatic carbocycles. The van der Waals surface area contributed by atoms with Crippen molar-refractivity contribution >= 4 is 5.91 Å². The van der Waals surface area contributed by atoms with E-state index < -0.39 is 11.9 Å². The first kappa shape index (κ1) is 17.2. The number of carbonyl (C=O) groups is 1. The fraction of sp³-hybridized carbons (Fsp3) is 0.667. The van der Waals surface area contributed by atoms with Crippen LogP contribution >= 0.6 is 0 Å². The van der Waals surface area contributed by atoms with Crippen molar-refractivity contribution in [2.45, 2.75) is 59.2 Å². The highest BCUT2D eigenvalue weighted by Crippen LogP contribution is 2.65. The van der Waals surface area contributed by atoms with Crippen LogP contribution < -0.4 is 5.32 Å². The lowest BCUT2D eigenvalue weighted by Crippen LogP contribution is -2.47. The minimum Gasteiger partial charge on any atom is -0.349 e. The number of hydrogen-bond acceptors (Lipinski definition) is 2. The van der Waals surface area contributed by atoms with E-state index in [4.69, 9.17) is 0 Å². The van der Waals surface area contributed by atoms with Gasteiger partial charge in [-0.15, -0.1) is 0 Å². The molecule has 6 heteroatoms. The molecule has 1 amide bonds. The molecular formula is C18H23F3N2O. The number of aromatic nitrogens is 1. The maximum absolute atomic E-state index is 12.7. The Kier molecular flexibility index (Phi) is 3.74. The Morgan fingerprint density at radius 3 is 2.42 bits per heavy atom. The number of carbonyl (C=O) groups excluding carboxylic acids is 1. The molecule has 0 unspecified atom stereocenters. The molecule has 2 aliphatic rings. The molecule has 0 aliphatic heterocycles. The Hall–Kier alpha value is -1.59. The Bertz CT molecular complexity index is 683. The molecule has 0 saturated heterocycles. The second-order valence-electron chi connectivity index (χ2n) is 7.96. The lowest BCUT2D eigenvalue weighted by molar-refractivity contribution is -0.141. The second-order valence-corrected chi connectivity index (χ2v) is 7.96. The van der Waals surface area contributed by atoms with Crippen LogP contribution in [0.25, 0.3) is 0 Å². The molecule has 2 aliphatic carbocycles. The first-order valence-electron chi connectivity index (χ1n) is 8.32. The molecule has 0 spiro atoms. The first-order chi connectivity index (χ1) is 11.0. The monoisotopic (exact) mass is 340 g/mol. The predicted octanol–water partition coefficient (Wildman–Crippen LogP) is 4.35. The van der Waals surface area contributed by atoms with Gasteiger partial charge < -0.3 is 5.32 Å². The third-order valence-electron chi connectivity index (χ3n) is 6.72. The summed E-state index contributed by atoms with van der Waals surface area (Å²) in [4.78, 5) is 16.1. The highest BCUT2D eigenvalue weighted by atomic mass is 19.4. The summed E-state index contributed by atoms with van der Waals surface area (Å²) in [7, 11) is 0. The highest BCUT2D eigenvalue weighted by Gasteiger charge is 2.61. The van der Waals surface area contributed by atoms with Gasteiger partial charge in [-0.1, -0.05) is 20.8 Å².